The normalized spacial score (nSPS) is 10.2. The van der Waals surface area contributed by atoms with Gasteiger partial charge in [-0.2, -0.15) is 4.80 Å². The number of carbonyl (C=O) groups excluding carboxylic acids is 2. The van der Waals surface area contributed by atoms with Gasteiger partial charge in [-0.3, -0.25) is 9.59 Å². The lowest BCUT2D eigenvalue weighted by atomic mass is 10.1. The highest BCUT2D eigenvalue weighted by molar-refractivity contribution is 5.93. The fourth-order valence-corrected chi connectivity index (χ4v) is 1.42. The number of benzene rings is 1. The minimum absolute atomic E-state index is 0.00285. The van der Waals surface area contributed by atoms with E-state index in [0.717, 1.165) is 0 Å². The first-order valence-electron chi connectivity index (χ1n) is 5.49. The molecule has 0 saturated carbocycles. The fourth-order valence-electron chi connectivity index (χ4n) is 1.42. The van der Waals surface area contributed by atoms with Gasteiger partial charge >= 0.3 is 0 Å². The summed E-state index contributed by atoms with van der Waals surface area (Å²) in [6, 6.07) is 6.50. The molecule has 0 aliphatic carbocycles. The quantitative estimate of drug-likeness (QED) is 0.745. The van der Waals surface area contributed by atoms with Crippen molar-refractivity contribution in [2.75, 3.05) is 7.05 Å². The van der Waals surface area contributed by atoms with Crippen LogP contribution in [0.1, 0.15) is 10.4 Å². The zero-order valence-electron chi connectivity index (χ0n) is 10.2. The second kappa shape index (κ2) is 5.25. The third-order valence-electron chi connectivity index (χ3n) is 2.44. The first-order chi connectivity index (χ1) is 9.10. The van der Waals surface area contributed by atoms with Crippen molar-refractivity contribution in [3.05, 3.63) is 29.8 Å². The van der Waals surface area contributed by atoms with Gasteiger partial charge in [0.2, 0.25) is 17.6 Å². The monoisotopic (exact) mass is 260 g/mol. The van der Waals surface area contributed by atoms with Crippen LogP contribution in [0.25, 0.3) is 11.4 Å². The third-order valence-corrected chi connectivity index (χ3v) is 2.44. The Bertz CT molecular complexity index is 604. The standard InChI is InChI=1S/C11H12N6O2/c1-13-9(18)6-17-15-11(14-16-17)8-4-2-7(3-5-8)10(12)19/h2-5H,6H2,1H3,(H2,12,19)(H,13,18). The van der Waals surface area contributed by atoms with Crippen LogP contribution in [-0.2, 0) is 11.3 Å². The summed E-state index contributed by atoms with van der Waals surface area (Å²) >= 11 is 0. The second-order valence-electron chi connectivity index (χ2n) is 3.76. The van der Waals surface area contributed by atoms with Crippen LogP contribution in [-0.4, -0.2) is 39.1 Å². The molecule has 19 heavy (non-hydrogen) atoms. The summed E-state index contributed by atoms with van der Waals surface area (Å²) in [5.74, 6) is -0.337. The largest absolute Gasteiger partial charge is 0.366 e. The molecule has 8 heteroatoms. The number of rotatable bonds is 4. The Morgan fingerprint density at radius 3 is 2.58 bits per heavy atom. The van der Waals surface area contributed by atoms with Crippen molar-refractivity contribution in [2.45, 2.75) is 6.54 Å². The maximum atomic E-state index is 11.2. The molecule has 1 aromatic carbocycles. The Hall–Kier alpha value is -2.77. The highest BCUT2D eigenvalue weighted by Crippen LogP contribution is 2.14. The summed E-state index contributed by atoms with van der Waals surface area (Å²) in [5, 5.41) is 14.1. The molecule has 0 aliphatic rings. The number of nitrogens with two attached hydrogens (primary N) is 1. The molecule has 2 amide bonds. The smallest absolute Gasteiger partial charge is 0.248 e. The molecule has 0 fully saturated rings. The predicted octanol–water partition coefficient (Wildman–Crippen LogP) is -0.815. The zero-order valence-corrected chi connectivity index (χ0v) is 10.2. The first-order valence-corrected chi connectivity index (χ1v) is 5.49. The van der Waals surface area contributed by atoms with E-state index in [0.29, 0.717) is 17.0 Å². The van der Waals surface area contributed by atoms with Crippen LogP contribution in [0, 0.1) is 0 Å². The van der Waals surface area contributed by atoms with Crippen molar-refractivity contribution >= 4 is 11.8 Å². The van der Waals surface area contributed by atoms with Gasteiger partial charge in [-0.15, -0.1) is 10.2 Å². The number of amides is 2. The van der Waals surface area contributed by atoms with E-state index in [1.807, 2.05) is 0 Å². The Balaban J connectivity index is 2.18. The number of primary amides is 1. The molecule has 1 aromatic heterocycles. The summed E-state index contributed by atoms with van der Waals surface area (Å²) in [4.78, 5) is 23.3. The molecule has 0 spiro atoms. The molecular formula is C11H12N6O2. The van der Waals surface area contributed by atoms with Gasteiger partial charge in [0.1, 0.15) is 6.54 Å². The lowest BCUT2D eigenvalue weighted by molar-refractivity contribution is -0.121. The fraction of sp³-hybridized carbons (Fsp3) is 0.182. The van der Waals surface area contributed by atoms with E-state index in [-0.39, 0.29) is 12.5 Å². The topological polar surface area (TPSA) is 116 Å². The lowest BCUT2D eigenvalue weighted by Crippen LogP contribution is -2.24. The van der Waals surface area contributed by atoms with Crippen LogP contribution < -0.4 is 11.1 Å². The molecule has 98 valence electrons. The van der Waals surface area contributed by atoms with Gasteiger partial charge in [0, 0.05) is 18.2 Å². The molecule has 1 heterocycles. The van der Waals surface area contributed by atoms with Gasteiger partial charge in [-0.05, 0) is 17.3 Å². The van der Waals surface area contributed by atoms with Gasteiger partial charge in [0.15, 0.2) is 0 Å². The number of carbonyl (C=O) groups is 2. The molecule has 0 atom stereocenters. The third kappa shape index (κ3) is 2.92. The maximum absolute atomic E-state index is 11.2. The molecule has 3 N–H and O–H groups in total. The summed E-state index contributed by atoms with van der Waals surface area (Å²) in [6.07, 6.45) is 0. The molecule has 0 saturated heterocycles. The summed E-state index contributed by atoms with van der Waals surface area (Å²) < 4.78 is 0. The van der Waals surface area contributed by atoms with Crippen LogP contribution in [0.15, 0.2) is 24.3 Å². The first kappa shape index (κ1) is 12.7. The maximum Gasteiger partial charge on any atom is 0.248 e. The summed E-state index contributed by atoms with van der Waals surface area (Å²) in [5.41, 5.74) is 6.24. The number of likely N-dealkylation sites (N-methyl/N-ethyl adjacent to an activating group) is 1. The van der Waals surface area contributed by atoms with Crippen molar-refractivity contribution < 1.29 is 9.59 Å². The van der Waals surface area contributed by atoms with E-state index in [1.165, 1.54) is 11.8 Å². The minimum atomic E-state index is -0.497. The predicted molar refractivity (Wildman–Crippen MR) is 65.8 cm³/mol. The van der Waals surface area contributed by atoms with Gasteiger partial charge < -0.3 is 11.1 Å². The number of hydrogen-bond donors (Lipinski definition) is 2. The average Bonchev–Trinajstić information content (AvgIpc) is 2.87. The van der Waals surface area contributed by atoms with Gasteiger partial charge in [0.05, 0.1) is 0 Å². The van der Waals surface area contributed by atoms with Gasteiger partial charge in [0.25, 0.3) is 0 Å². The number of hydrogen-bond acceptors (Lipinski definition) is 5. The molecule has 0 unspecified atom stereocenters. The second-order valence-corrected chi connectivity index (χ2v) is 3.76. The number of aromatic nitrogens is 4. The van der Waals surface area contributed by atoms with E-state index < -0.39 is 5.91 Å². The molecule has 2 rings (SSSR count). The van der Waals surface area contributed by atoms with E-state index in [1.54, 1.807) is 24.3 Å². The van der Waals surface area contributed by atoms with Gasteiger partial charge in [-0.25, -0.2) is 0 Å². The minimum Gasteiger partial charge on any atom is -0.366 e. The van der Waals surface area contributed by atoms with Crippen LogP contribution in [0.5, 0.6) is 0 Å². The highest BCUT2D eigenvalue weighted by atomic mass is 16.2. The van der Waals surface area contributed by atoms with Crippen LogP contribution in [0.3, 0.4) is 0 Å². The number of nitrogens with one attached hydrogen (secondary N) is 1. The van der Waals surface area contributed by atoms with E-state index in [4.69, 9.17) is 5.73 Å². The number of nitrogens with zero attached hydrogens (tertiary/aromatic N) is 4. The molecule has 8 nitrogen and oxygen atoms in total. The van der Waals surface area contributed by atoms with Crippen LogP contribution >= 0.6 is 0 Å². The van der Waals surface area contributed by atoms with E-state index in [2.05, 4.69) is 20.7 Å². The molecule has 2 aromatic rings. The van der Waals surface area contributed by atoms with Crippen LogP contribution in [0.2, 0.25) is 0 Å². The van der Waals surface area contributed by atoms with Gasteiger partial charge in [-0.1, -0.05) is 12.1 Å². The Morgan fingerprint density at radius 1 is 1.32 bits per heavy atom. The van der Waals surface area contributed by atoms with E-state index >= 15 is 0 Å². The Labute approximate surface area is 108 Å². The SMILES string of the molecule is CNC(=O)Cn1nnc(-c2ccc(C(N)=O)cc2)n1. The summed E-state index contributed by atoms with van der Waals surface area (Å²) in [6.45, 7) is 0.00285. The van der Waals surface area contributed by atoms with Crippen molar-refractivity contribution in [3.63, 3.8) is 0 Å². The Morgan fingerprint density at radius 2 is 2.00 bits per heavy atom. The van der Waals surface area contributed by atoms with Crippen molar-refractivity contribution in [2.24, 2.45) is 5.73 Å². The molecule has 0 radical (unpaired) electrons. The molecular weight excluding hydrogens is 248 g/mol. The number of tetrazole rings is 1. The molecule has 0 bridgehead atoms. The highest BCUT2D eigenvalue weighted by Gasteiger charge is 2.09. The van der Waals surface area contributed by atoms with Crippen molar-refractivity contribution in [3.8, 4) is 11.4 Å². The van der Waals surface area contributed by atoms with E-state index in [9.17, 15) is 9.59 Å². The van der Waals surface area contributed by atoms with Crippen molar-refractivity contribution in [1.29, 1.82) is 0 Å². The Kier molecular flexibility index (Phi) is 3.51. The molecule has 0 aliphatic heterocycles. The zero-order chi connectivity index (χ0) is 13.8. The average molecular weight is 260 g/mol. The summed E-state index contributed by atoms with van der Waals surface area (Å²) in [7, 11) is 1.53. The lowest BCUT2D eigenvalue weighted by Gasteiger charge is -1.97. The van der Waals surface area contributed by atoms with Crippen LogP contribution in [0.4, 0.5) is 0 Å². The van der Waals surface area contributed by atoms with Crippen molar-refractivity contribution in [1.82, 2.24) is 25.5 Å².